The van der Waals surface area contributed by atoms with Crippen molar-refractivity contribution in [3.8, 4) is 0 Å². The highest BCUT2D eigenvalue weighted by molar-refractivity contribution is 7.05. The molecule has 14 heavy (non-hydrogen) atoms. The van der Waals surface area contributed by atoms with E-state index in [1.807, 2.05) is 44.3 Å². The van der Waals surface area contributed by atoms with E-state index in [2.05, 4.69) is 13.3 Å². The summed E-state index contributed by atoms with van der Waals surface area (Å²) in [5.74, 6) is 0. The van der Waals surface area contributed by atoms with E-state index >= 15 is 0 Å². The van der Waals surface area contributed by atoms with Gasteiger partial charge in [-0.1, -0.05) is 23.7 Å². The molecule has 0 aliphatic heterocycles. The van der Waals surface area contributed by atoms with Crippen LogP contribution in [0, 0.1) is 0 Å². The summed E-state index contributed by atoms with van der Waals surface area (Å²) in [6.07, 6.45) is 5.91. The maximum absolute atomic E-state index is 6.02. The van der Waals surface area contributed by atoms with Crippen LogP contribution >= 0.6 is 11.1 Å². The van der Waals surface area contributed by atoms with Crippen molar-refractivity contribution < 1.29 is 4.24 Å². The van der Waals surface area contributed by atoms with Crippen molar-refractivity contribution in [2.75, 3.05) is 14.1 Å². The highest BCUT2D eigenvalue weighted by Crippen LogP contribution is 2.01. The standard InChI is InChI=1S/C10H18ClN2Si/c1-6-10(12(3)4)8-9-13(5)14(11)7-2/h6-9,14H,2,5H2,1,3-4H3/q+1/b9-8-,10-6+. The third-order valence-corrected chi connectivity index (χ3v) is 4.24. The highest BCUT2D eigenvalue weighted by atomic mass is 35.6. The van der Waals surface area contributed by atoms with Gasteiger partial charge in [0.25, 0.3) is 0 Å². The molecule has 0 saturated carbocycles. The van der Waals surface area contributed by atoms with Crippen molar-refractivity contribution in [2.45, 2.75) is 6.92 Å². The van der Waals surface area contributed by atoms with Crippen LogP contribution in [0.4, 0.5) is 0 Å². The Labute approximate surface area is 92.9 Å². The average Bonchev–Trinajstić information content (AvgIpc) is 2.16. The smallest absolute Gasteiger partial charge is 0.378 e. The molecule has 0 aromatic rings. The molecule has 0 heterocycles. The van der Waals surface area contributed by atoms with Crippen LogP contribution in [-0.2, 0) is 0 Å². The van der Waals surface area contributed by atoms with Gasteiger partial charge in [-0.3, -0.25) is 4.24 Å². The predicted molar refractivity (Wildman–Crippen MR) is 67.2 cm³/mol. The second-order valence-electron chi connectivity index (χ2n) is 3.05. The van der Waals surface area contributed by atoms with E-state index in [0.717, 1.165) is 5.70 Å². The fourth-order valence-corrected chi connectivity index (χ4v) is 1.61. The Hall–Kier alpha value is -0.803. The van der Waals surface area contributed by atoms with E-state index in [0.29, 0.717) is 0 Å². The number of likely N-dealkylation sites (N-methyl/N-ethyl adjacent to an activating group) is 1. The first-order valence-corrected chi connectivity index (χ1v) is 7.33. The minimum absolute atomic E-state index is 1.13. The zero-order valence-corrected chi connectivity index (χ0v) is 11.0. The number of halogens is 1. The summed E-state index contributed by atoms with van der Waals surface area (Å²) < 4.78 is 1.78. The van der Waals surface area contributed by atoms with Gasteiger partial charge in [-0.05, 0) is 12.6 Å². The molecule has 0 rings (SSSR count). The van der Waals surface area contributed by atoms with Gasteiger partial charge in [0.15, 0.2) is 0 Å². The van der Waals surface area contributed by atoms with Crippen LogP contribution in [0.1, 0.15) is 6.92 Å². The van der Waals surface area contributed by atoms with E-state index in [1.165, 1.54) is 0 Å². The van der Waals surface area contributed by atoms with E-state index < -0.39 is 8.27 Å². The Kier molecular flexibility index (Phi) is 6.24. The van der Waals surface area contributed by atoms with Crippen molar-refractivity contribution in [2.24, 2.45) is 0 Å². The van der Waals surface area contributed by atoms with E-state index in [9.17, 15) is 0 Å². The summed E-state index contributed by atoms with van der Waals surface area (Å²) in [4.78, 5) is 2.03. The van der Waals surface area contributed by atoms with Gasteiger partial charge in [0.1, 0.15) is 12.9 Å². The third kappa shape index (κ3) is 4.44. The van der Waals surface area contributed by atoms with E-state index in [4.69, 9.17) is 11.1 Å². The minimum atomic E-state index is -1.55. The quantitative estimate of drug-likeness (QED) is 0.302. The first kappa shape index (κ1) is 13.2. The molecule has 0 amide bonds. The molecule has 0 saturated heterocycles. The van der Waals surface area contributed by atoms with E-state index in [-0.39, 0.29) is 0 Å². The molecule has 0 bridgehead atoms. The van der Waals surface area contributed by atoms with Crippen molar-refractivity contribution in [3.05, 3.63) is 36.3 Å². The predicted octanol–water partition coefficient (Wildman–Crippen LogP) is 1.86. The molecule has 0 aliphatic carbocycles. The maximum atomic E-state index is 6.02. The van der Waals surface area contributed by atoms with Crippen LogP contribution in [0.15, 0.2) is 36.3 Å². The molecule has 4 heteroatoms. The normalized spacial score (nSPS) is 14.1. The van der Waals surface area contributed by atoms with Crippen LogP contribution in [0.2, 0.25) is 0 Å². The average molecular weight is 230 g/mol. The summed E-state index contributed by atoms with van der Waals surface area (Å²) in [6, 6.07) is 0. The second kappa shape index (κ2) is 6.62. The first-order chi connectivity index (χ1) is 6.52. The molecule has 0 spiro atoms. The van der Waals surface area contributed by atoms with Gasteiger partial charge in [0.2, 0.25) is 0 Å². The molecule has 0 N–H and O–H groups in total. The van der Waals surface area contributed by atoms with Crippen LogP contribution in [0.5, 0.6) is 0 Å². The summed E-state index contributed by atoms with van der Waals surface area (Å²) >= 11 is 6.02. The molecule has 78 valence electrons. The first-order valence-electron chi connectivity index (χ1n) is 4.40. The summed E-state index contributed by atoms with van der Waals surface area (Å²) in [7, 11) is 2.44. The Balaban J connectivity index is 4.43. The second-order valence-corrected chi connectivity index (χ2v) is 6.27. The zero-order valence-electron chi connectivity index (χ0n) is 9.07. The van der Waals surface area contributed by atoms with Crippen molar-refractivity contribution >= 4 is 26.1 Å². The molecule has 1 atom stereocenters. The van der Waals surface area contributed by atoms with E-state index in [1.54, 1.807) is 9.94 Å². The van der Waals surface area contributed by atoms with Gasteiger partial charge < -0.3 is 4.90 Å². The van der Waals surface area contributed by atoms with Crippen LogP contribution in [0.25, 0.3) is 0 Å². The fourth-order valence-electron chi connectivity index (χ4n) is 0.893. The van der Waals surface area contributed by atoms with Gasteiger partial charge in [-0.25, -0.2) is 0 Å². The molecular formula is C10H18ClN2Si+. The van der Waals surface area contributed by atoms with Gasteiger partial charge in [0, 0.05) is 25.9 Å². The number of hydrogen-bond donors (Lipinski definition) is 0. The molecule has 0 fully saturated rings. The van der Waals surface area contributed by atoms with Crippen LogP contribution in [-0.4, -0.2) is 38.2 Å². The lowest BCUT2D eigenvalue weighted by molar-refractivity contribution is -0.286. The maximum Gasteiger partial charge on any atom is 0.473 e. The van der Waals surface area contributed by atoms with Gasteiger partial charge in [-0.2, -0.15) is 0 Å². The van der Waals surface area contributed by atoms with Gasteiger partial charge in [0.05, 0.1) is 0 Å². The number of hydrogen-bond acceptors (Lipinski definition) is 1. The number of nitrogens with zero attached hydrogens (tertiary/aromatic N) is 2. The lowest BCUT2D eigenvalue weighted by Gasteiger charge is -2.11. The lowest BCUT2D eigenvalue weighted by atomic mass is 10.4. The Morgan fingerprint density at radius 2 is 2.07 bits per heavy atom. The van der Waals surface area contributed by atoms with Crippen molar-refractivity contribution in [1.29, 1.82) is 0 Å². The zero-order chi connectivity index (χ0) is 11.1. The minimum Gasteiger partial charge on any atom is -0.378 e. The van der Waals surface area contributed by atoms with Crippen LogP contribution < -0.4 is 0 Å². The summed E-state index contributed by atoms with van der Waals surface area (Å²) in [5.41, 5.74) is 2.89. The largest absolute Gasteiger partial charge is 0.473 e. The number of rotatable bonds is 5. The Morgan fingerprint density at radius 3 is 2.43 bits per heavy atom. The molecule has 0 aromatic carbocycles. The molecule has 0 aliphatic rings. The highest BCUT2D eigenvalue weighted by Gasteiger charge is 2.12. The monoisotopic (exact) mass is 229 g/mol. The molecular weight excluding hydrogens is 212 g/mol. The third-order valence-electron chi connectivity index (χ3n) is 1.76. The Bertz CT molecular complexity index is 269. The molecule has 1 unspecified atom stereocenters. The number of allylic oxidation sites excluding steroid dienone is 2. The van der Waals surface area contributed by atoms with Gasteiger partial charge in [-0.15, -0.1) is 0 Å². The van der Waals surface area contributed by atoms with Crippen molar-refractivity contribution in [3.63, 3.8) is 0 Å². The summed E-state index contributed by atoms with van der Waals surface area (Å²) in [5, 5.41) is 0. The lowest BCUT2D eigenvalue weighted by Crippen LogP contribution is -2.17. The SMILES string of the molecule is C=C[SiH](Cl)[N+](=C)/C=C\C(=C/C)N(C)C. The van der Waals surface area contributed by atoms with Gasteiger partial charge >= 0.3 is 8.27 Å². The van der Waals surface area contributed by atoms with Crippen LogP contribution in [0.3, 0.4) is 0 Å². The molecule has 2 nitrogen and oxygen atoms in total. The topological polar surface area (TPSA) is 6.25 Å². The molecule has 0 aromatic heterocycles. The Morgan fingerprint density at radius 1 is 1.50 bits per heavy atom. The fraction of sp³-hybridized carbons (Fsp3) is 0.300. The van der Waals surface area contributed by atoms with Crippen molar-refractivity contribution in [1.82, 2.24) is 4.90 Å². The summed E-state index contributed by atoms with van der Waals surface area (Å²) in [6.45, 7) is 9.48. The molecule has 0 radical (unpaired) electrons.